The van der Waals surface area contributed by atoms with E-state index in [2.05, 4.69) is 4.74 Å². The number of rotatable bonds is 9. The molecule has 0 heterocycles. The summed E-state index contributed by atoms with van der Waals surface area (Å²) in [6, 6.07) is 8.88. The number of amides is 1. The number of ether oxygens (including phenoxy) is 4. The van der Waals surface area contributed by atoms with Crippen LogP contribution in [-0.4, -0.2) is 56.7 Å². The van der Waals surface area contributed by atoms with Crippen molar-refractivity contribution in [3.05, 3.63) is 57.6 Å². The molecule has 2 rings (SSSR count). The molecule has 2 aromatic carbocycles. The molecule has 0 aliphatic carbocycles. The summed E-state index contributed by atoms with van der Waals surface area (Å²) < 4.78 is 20.1. The average Bonchev–Trinajstić information content (AvgIpc) is 2.76. The molecule has 10 nitrogen and oxygen atoms in total. The second-order valence-corrected chi connectivity index (χ2v) is 6.10. The molecule has 0 N–H and O–H groups in total. The van der Waals surface area contributed by atoms with E-state index >= 15 is 0 Å². The van der Waals surface area contributed by atoms with Gasteiger partial charge in [0.05, 0.1) is 33.4 Å². The van der Waals surface area contributed by atoms with E-state index in [0.29, 0.717) is 17.1 Å². The molecule has 0 fully saturated rings. The second kappa shape index (κ2) is 10.1. The number of methoxy groups -OCH3 is 4. The highest BCUT2D eigenvalue weighted by atomic mass is 16.6. The van der Waals surface area contributed by atoms with Crippen molar-refractivity contribution in [3.63, 3.8) is 0 Å². The van der Waals surface area contributed by atoms with E-state index in [0.717, 1.165) is 6.07 Å². The highest BCUT2D eigenvalue weighted by Gasteiger charge is 2.24. The van der Waals surface area contributed by atoms with Crippen molar-refractivity contribution in [2.75, 3.05) is 35.0 Å². The molecule has 30 heavy (non-hydrogen) atoms. The fourth-order valence-corrected chi connectivity index (χ4v) is 2.75. The minimum absolute atomic E-state index is 0.0152. The van der Waals surface area contributed by atoms with Crippen LogP contribution in [0.15, 0.2) is 36.4 Å². The summed E-state index contributed by atoms with van der Waals surface area (Å²) in [7, 11) is 5.49. The van der Waals surface area contributed by atoms with Crippen molar-refractivity contribution in [2.45, 2.75) is 6.54 Å². The topological polar surface area (TPSA) is 117 Å². The molecule has 0 aromatic heterocycles. The SMILES string of the molecule is COC(=O)CN(Cc1cc(OC)cc(OC)c1)C(=O)c1ccc(OC)c([N+](=O)[O-])c1. The number of hydrogen-bond donors (Lipinski definition) is 0. The smallest absolute Gasteiger partial charge is 0.325 e. The first-order chi connectivity index (χ1) is 14.3. The highest BCUT2D eigenvalue weighted by Crippen LogP contribution is 2.29. The Bertz CT molecular complexity index is 922. The molecule has 0 saturated carbocycles. The number of nitro groups is 1. The lowest BCUT2D eigenvalue weighted by Crippen LogP contribution is -2.35. The Morgan fingerprint density at radius 3 is 2.10 bits per heavy atom. The number of esters is 1. The summed E-state index contributed by atoms with van der Waals surface area (Å²) in [5, 5.41) is 11.3. The Kier molecular flexibility index (Phi) is 7.56. The number of hydrogen-bond acceptors (Lipinski definition) is 8. The van der Waals surface area contributed by atoms with Crippen LogP contribution < -0.4 is 14.2 Å². The van der Waals surface area contributed by atoms with Crippen molar-refractivity contribution < 1.29 is 33.5 Å². The van der Waals surface area contributed by atoms with Gasteiger partial charge in [-0.3, -0.25) is 19.7 Å². The zero-order valence-corrected chi connectivity index (χ0v) is 17.0. The molecular formula is C20H22N2O8. The Balaban J connectivity index is 2.42. The maximum Gasteiger partial charge on any atom is 0.325 e. The molecule has 0 atom stereocenters. The van der Waals surface area contributed by atoms with Gasteiger partial charge in [-0.25, -0.2) is 0 Å². The number of carbonyl (C=O) groups excluding carboxylic acids is 2. The molecule has 160 valence electrons. The predicted molar refractivity (Wildman–Crippen MR) is 106 cm³/mol. The molecule has 0 bridgehead atoms. The van der Waals surface area contributed by atoms with Gasteiger partial charge in [0.1, 0.15) is 18.0 Å². The third-order valence-electron chi connectivity index (χ3n) is 4.24. The first-order valence-corrected chi connectivity index (χ1v) is 8.73. The first kappa shape index (κ1) is 22.5. The zero-order valence-electron chi connectivity index (χ0n) is 17.0. The van der Waals surface area contributed by atoms with E-state index in [1.54, 1.807) is 18.2 Å². The summed E-state index contributed by atoms with van der Waals surface area (Å²) in [6.07, 6.45) is 0. The van der Waals surface area contributed by atoms with Crippen LogP contribution in [0.5, 0.6) is 17.2 Å². The van der Waals surface area contributed by atoms with Gasteiger partial charge in [-0.05, 0) is 29.8 Å². The van der Waals surface area contributed by atoms with Gasteiger partial charge in [-0.15, -0.1) is 0 Å². The summed E-state index contributed by atoms with van der Waals surface area (Å²) >= 11 is 0. The van der Waals surface area contributed by atoms with Crippen LogP contribution in [0.4, 0.5) is 5.69 Å². The van der Waals surface area contributed by atoms with Crippen LogP contribution in [0, 0.1) is 10.1 Å². The molecule has 2 aromatic rings. The van der Waals surface area contributed by atoms with Gasteiger partial charge in [0.25, 0.3) is 5.91 Å². The third kappa shape index (κ3) is 5.37. The monoisotopic (exact) mass is 418 g/mol. The van der Waals surface area contributed by atoms with Crippen molar-refractivity contribution in [1.29, 1.82) is 0 Å². The van der Waals surface area contributed by atoms with Gasteiger partial charge in [0, 0.05) is 24.2 Å². The first-order valence-electron chi connectivity index (χ1n) is 8.73. The van der Waals surface area contributed by atoms with Crippen LogP contribution >= 0.6 is 0 Å². The van der Waals surface area contributed by atoms with Crippen molar-refractivity contribution >= 4 is 17.6 Å². The Labute approximate surface area is 173 Å². The fraction of sp³-hybridized carbons (Fsp3) is 0.300. The van der Waals surface area contributed by atoms with Gasteiger partial charge < -0.3 is 23.8 Å². The van der Waals surface area contributed by atoms with Gasteiger partial charge in [-0.2, -0.15) is 0 Å². The highest BCUT2D eigenvalue weighted by molar-refractivity contribution is 5.96. The lowest BCUT2D eigenvalue weighted by Gasteiger charge is -2.22. The fourth-order valence-electron chi connectivity index (χ4n) is 2.75. The predicted octanol–water partition coefficient (Wildman–Crippen LogP) is 2.44. The molecule has 0 spiro atoms. The van der Waals surface area contributed by atoms with Crippen molar-refractivity contribution in [1.82, 2.24) is 4.90 Å². The standard InChI is InChI=1S/C20H22N2O8/c1-27-15-7-13(8-16(10-15)28-2)11-21(12-19(23)30-4)20(24)14-5-6-18(29-3)17(9-14)22(25)26/h5-10H,11-12H2,1-4H3. The number of carbonyl (C=O) groups is 2. The average molecular weight is 418 g/mol. The van der Waals surface area contributed by atoms with Crippen LogP contribution in [0.1, 0.15) is 15.9 Å². The maximum atomic E-state index is 13.1. The minimum Gasteiger partial charge on any atom is -0.497 e. The van der Waals surface area contributed by atoms with Crippen LogP contribution in [0.3, 0.4) is 0 Å². The maximum absolute atomic E-state index is 13.1. The summed E-state index contributed by atoms with van der Waals surface area (Å²) in [4.78, 5) is 36.8. The molecule has 0 unspecified atom stereocenters. The van der Waals surface area contributed by atoms with Crippen molar-refractivity contribution in [3.8, 4) is 17.2 Å². The number of nitrogens with zero attached hydrogens (tertiary/aromatic N) is 2. The Hall–Kier alpha value is -3.82. The molecule has 0 aliphatic heterocycles. The largest absolute Gasteiger partial charge is 0.497 e. The molecule has 0 radical (unpaired) electrons. The van der Waals surface area contributed by atoms with Gasteiger partial charge in [0.15, 0.2) is 5.75 Å². The van der Waals surface area contributed by atoms with Crippen LogP contribution in [-0.2, 0) is 16.1 Å². The quantitative estimate of drug-likeness (QED) is 0.346. The van der Waals surface area contributed by atoms with Gasteiger partial charge in [-0.1, -0.05) is 0 Å². The minimum atomic E-state index is -0.646. The van der Waals surface area contributed by atoms with E-state index in [1.807, 2.05) is 0 Å². The zero-order chi connectivity index (χ0) is 22.3. The van der Waals surface area contributed by atoms with Crippen LogP contribution in [0.2, 0.25) is 0 Å². The number of nitro benzene ring substituents is 1. The normalized spacial score (nSPS) is 10.1. The lowest BCUT2D eigenvalue weighted by molar-refractivity contribution is -0.385. The molecule has 0 saturated heterocycles. The third-order valence-corrected chi connectivity index (χ3v) is 4.24. The van der Waals surface area contributed by atoms with Gasteiger partial charge in [0.2, 0.25) is 0 Å². The lowest BCUT2D eigenvalue weighted by atomic mass is 10.1. The molecule has 0 aliphatic rings. The molecule has 1 amide bonds. The summed E-state index contributed by atoms with van der Waals surface area (Å²) in [6.45, 7) is -0.337. The van der Waals surface area contributed by atoms with Crippen molar-refractivity contribution in [2.24, 2.45) is 0 Å². The van der Waals surface area contributed by atoms with Crippen LogP contribution in [0.25, 0.3) is 0 Å². The van der Waals surface area contributed by atoms with E-state index in [9.17, 15) is 19.7 Å². The van der Waals surface area contributed by atoms with E-state index in [4.69, 9.17) is 14.2 Å². The van der Waals surface area contributed by atoms with E-state index in [1.165, 1.54) is 45.5 Å². The molecule has 10 heteroatoms. The second-order valence-electron chi connectivity index (χ2n) is 6.10. The Morgan fingerprint density at radius 1 is 0.967 bits per heavy atom. The van der Waals surface area contributed by atoms with E-state index in [-0.39, 0.29) is 30.1 Å². The number of benzene rings is 2. The Morgan fingerprint density at radius 2 is 1.60 bits per heavy atom. The summed E-state index contributed by atoms with van der Waals surface area (Å²) in [5.74, 6) is -0.187. The van der Waals surface area contributed by atoms with Gasteiger partial charge >= 0.3 is 11.7 Å². The van der Waals surface area contributed by atoms with E-state index < -0.39 is 16.8 Å². The summed E-state index contributed by atoms with van der Waals surface area (Å²) in [5.41, 5.74) is 0.303. The molecular weight excluding hydrogens is 396 g/mol.